The van der Waals surface area contributed by atoms with Crippen molar-refractivity contribution >= 4 is 21.6 Å². The molecule has 1 unspecified atom stereocenters. The van der Waals surface area contributed by atoms with Gasteiger partial charge in [-0.25, -0.2) is 4.79 Å². The van der Waals surface area contributed by atoms with Crippen molar-refractivity contribution in [2.75, 3.05) is 33.4 Å². The van der Waals surface area contributed by atoms with Crippen molar-refractivity contribution in [3.63, 3.8) is 0 Å². The topological polar surface area (TPSA) is 101 Å². The van der Waals surface area contributed by atoms with Gasteiger partial charge in [0.15, 0.2) is 0 Å². The Morgan fingerprint density at radius 1 is 1.38 bits per heavy atom. The Morgan fingerprint density at radius 3 is 2.77 bits per heavy atom. The van der Waals surface area contributed by atoms with Crippen LogP contribution in [0, 0.1) is 6.92 Å². The quantitative estimate of drug-likeness (QED) is 0.593. The molecule has 0 saturated carbocycles. The molecule has 3 rings (SSSR count). The molecule has 26 heavy (non-hydrogen) atoms. The SMILES string of the molecule is COCCn1c(=O)c2c(C)c(CNCCN)sc2n(CC2CCO2)c1=O. The number of nitrogens with zero attached hydrogens (tertiary/aromatic N) is 2. The van der Waals surface area contributed by atoms with E-state index in [1.54, 1.807) is 11.7 Å². The Morgan fingerprint density at radius 2 is 2.15 bits per heavy atom. The molecule has 1 aliphatic heterocycles. The molecule has 0 aromatic carbocycles. The Labute approximate surface area is 155 Å². The van der Waals surface area contributed by atoms with E-state index < -0.39 is 0 Å². The molecule has 3 N–H and O–H groups in total. The summed E-state index contributed by atoms with van der Waals surface area (Å²) >= 11 is 1.50. The summed E-state index contributed by atoms with van der Waals surface area (Å²) in [5.41, 5.74) is 5.92. The van der Waals surface area contributed by atoms with Crippen LogP contribution >= 0.6 is 11.3 Å². The lowest BCUT2D eigenvalue weighted by Crippen LogP contribution is -2.43. The number of methoxy groups -OCH3 is 1. The third kappa shape index (κ3) is 3.63. The number of nitrogens with one attached hydrogen (secondary N) is 1. The normalized spacial score (nSPS) is 17.0. The van der Waals surface area contributed by atoms with Gasteiger partial charge in [0.25, 0.3) is 5.56 Å². The van der Waals surface area contributed by atoms with Crippen LogP contribution in [0.4, 0.5) is 0 Å². The number of fused-ring (bicyclic) bond motifs is 1. The van der Waals surface area contributed by atoms with Crippen LogP contribution in [0.25, 0.3) is 10.2 Å². The van der Waals surface area contributed by atoms with Gasteiger partial charge in [-0.05, 0) is 18.9 Å². The zero-order valence-electron chi connectivity index (χ0n) is 15.2. The first-order valence-electron chi connectivity index (χ1n) is 8.85. The van der Waals surface area contributed by atoms with Gasteiger partial charge in [0.05, 0.1) is 31.2 Å². The second-order valence-electron chi connectivity index (χ2n) is 6.42. The van der Waals surface area contributed by atoms with Gasteiger partial charge < -0.3 is 20.5 Å². The Bertz CT molecular complexity index is 881. The van der Waals surface area contributed by atoms with Crippen molar-refractivity contribution in [2.45, 2.75) is 39.1 Å². The van der Waals surface area contributed by atoms with Crippen molar-refractivity contribution in [1.29, 1.82) is 0 Å². The number of ether oxygens (including phenoxy) is 2. The number of nitrogens with two attached hydrogens (primary N) is 1. The standard InChI is InChI=1S/C17H26N4O4S/c1-11-13(9-19-5-4-18)26-16-14(11)15(22)20(6-8-24-2)17(23)21(16)10-12-3-7-25-12/h12,19H,3-10,18H2,1-2H3. The van der Waals surface area contributed by atoms with E-state index >= 15 is 0 Å². The maximum Gasteiger partial charge on any atom is 0.332 e. The second kappa shape index (κ2) is 8.45. The molecule has 0 amide bonds. The number of hydrogen-bond acceptors (Lipinski definition) is 7. The molecule has 3 heterocycles. The molecule has 1 saturated heterocycles. The molecule has 1 atom stereocenters. The van der Waals surface area contributed by atoms with Crippen LogP contribution in [0.3, 0.4) is 0 Å². The molecule has 0 bridgehead atoms. The van der Waals surface area contributed by atoms with E-state index in [0.717, 1.165) is 28.3 Å². The Hall–Kier alpha value is -1.52. The number of thiophene rings is 1. The average molecular weight is 382 g/mol. The van der Waals surface area contributed by atoms with E-state index in [4.69, 9.17) is 15.2 Å². The minimum Gasteiger partial charge on any atom is -0.383 e. The molecule has 144 valence electrons. The predicted octanol–water partition coefficient (Wildman–Crippen LogP) is 0.0167. The monoisotopic (exact) mass is 382 g/mol. The fourth-order valence-corrected chi connectivity index (χ4v) is 4.35. The zero-order valence-corrected chi connectivity index (χ0v) is 16.1. The van der Waals surface area contributed by atoms with Crippen molar-refractivity contribution in [3.8, 4) is 0 Å². The summed E-state index contributed by atoms with van der Waals surface area (Å²) in [6, 6.07) is 0. The van der Waals surface area contributed by atoms with Crippen LogP contribution in [-0.4, -0.2) is 48.7 Å². The summed E-state index contributed by atoms with van der Waals surface area (Å²) in [4.78, 5) is 27.7. The highest BCUT2D eigenvalue weighted by Crippen LogP contribution is 2.28. The van der Waals surface area contributed by atoms with Crippen LogP contribution in [0.1, 0.15) is 16.9 Å². The van der Waals surface area contributed by atoms with Crippen LogP contribution in [-0.2, 0) is 29.1 Å². The molecule has 1 fully saturated rings. The molecular weight excluding hydrogens is 356 g/mol. The van der Waals surface area contributed by atoms with E-state index in [1.165, 1.54) is 15.9 Å². The van der Waals surface area contributed by atoms with Gasteiger partial charge in [-0.15, -0.1) is 11.3 Å². The zero-order chi connectivity index (χ0) is 18.7. The fraction of sp³-hybridized carbons (Fsp3) is 0.647. The smallest absolute Gasteiger partial charge is 0.332 e. The summed E-state index contributed by atoms with van der Waals surface area (Å²) in [5.74, 6) is 0. The van der Waals surface area contributed by atoms with Crippen LogP contribution in [0.2, 0.25) is 0 Å². The molecule has 9 heteroatoms. The Balaban J connectivity index is 2.12. The van der Waals surface area contributed by atoms with E-state index in [0.29, 0.717) is 38.2 Å². The first-order valence-corrected chi connectivity index (χ1v) is 9.67. The number of aryl methyl sites for hydroxylation is 1. The summed E-state index contributed by atoms with van der Waals surface area (Å²) < 4.78 is 13.6. The van der Waals surface area contributed by atoms with Crippen LogP contribution in [0.5, 0.6) is 0 Å². The second-order valence-corrected chi connectivity index (χ2v) is 7.50. The van der Waals surface area contributed by atoms with Gasteiger partial charge in [0.1, 0.15) is 4.83 Å². The largest absolute Gasteiger partial charge is 0.383 e. The fourth-order valence-electron chi connectivity index (χ4n) is 3.09. The molecule has 2 aromatic heterocycles. The molecule has 0 radical (unpaired) electrons. The summed E-state index contributed by atoms with van der Waals surface area (Å²) in [6.45, 7) is 5.58. The lowest BCUT2D eigenvalue weighted by atomic mass is 10.2. The average Bonchev–Trinajstić information content (AvgIpc) is 2.90. The lowest BCUT2D eigenvalue weighted by molar-refractivity contribution is -0.0593. The summed E-state index contributed by atoms with van der Waals surface area (Å²) in [5, 5.41) is 3.88. The van der Waals surface area contributed by atoms with Crippen molar-refractivity contribution in [1.82, 2.24) is 14.5 Å². The van der Waals surface area contributed by atoms with E-state index in [2.05, 4.69) is 5.32 Å². The number of rotatable bonds is 9. The lowest BCUT2D eigenvalue weighted by Gasteiger charge is -2.27. The molecule has 0 spiro atoms. The number of hydrogen-bond donors (Lipinski definition) is 2. The third-order valence-electron chi connectivity index (χ3n) is 4.70. The maximum absolute atomic E-state index is 13.0. The third-order valence-corrected chi connectivity index (χ3v) is 6.01. The summed E-state index contributed by atoms with van der Waals surface area (Å²) in [6.07, 6.45) is 0.964. The highest BCUT2D eigenvalue weighted by atomic mass is 32.1. The van der Waals surface area contributed by atoms with Crippen molar-refractivity contribution in [3.05, 3.63) is 31.3 Å². The molecule has 2 aromatic rings. The van der Waals surface area contributed by atoms with Crippen molar-refractivity contribution < 1.29 is 9.47 Å². The first-order chi connectivity index (χ1) is 12.6. The van der Waals surface area contributed by atoms with Crippen LogP contribution in [0.15, 0.2) is 9.59 Å². The molecule has 0 aliphatic carbocycles. The highest BCUT2D eigenvalue weighted by Gasteiger charge is 2.24. The van der Waals surface area contributed by atoms with E-state index in [1.807, 2.05) is 6.92 Å². The van der Waals surface area contributed by atoms with Crippen LogP contribution < -0.4 is 22.3 Å². The molecule has 1 aliphatic rings. The number of aromatic nitrogens is 2. The van der Waals surface area contributed by atoms with E-state index in [-0.39, 0.29) is 23.9 Å². The van der Waals surface area contributed by atoms with Gasteiger partial charge in [-0.1, -0.05) is 0 Å². The van der Waals surface area contributed by atoms with Crippen molar-refractivity contribution in [2.24, 2.45) is 5.73 Å². The van der Waals surface area contributed by atoms with Gasteiger partial charge in [-0.2, -0.15) is 0 Å². The van der Waals surface area contributed by atoms with Gasteiger partial charge in [0, 0.05) is 38.2 Å². The first kappa shape index (κ1) is 19.2. The minimum absolute atomic E-state index is 0.0329. The van der Waals surface area contributed by atoms with Gasteiger partial charge in [0.2, 0.25) is 0 Å². The Kier molecular flexibility index (Phi) is 6.25. The van der Waals surface area contributed by atoms with E-state index in [9.17, 15) is 9.59 Å². The minimum atomic E-state index is -0.294. The summed E-state index contributed by atoms with van der Waals surface area (Å²) in [7, 11) is 1.56. The highest BCUT2D eigenvalue weighted by molar-refractivity contribution is 7.18. The molecular formula is C17H26N4O4S. The van der Waals surface area contributed by atoms with Gasteiger partial charge in [-0.3, -0.25) is 13.9 Å². The predicted molar refractivity (Wildman–Crippen MR) is 102 cm³/mol. The van der Waals surface area contributed by atoms with Gasteiger partial charge >= 0.3 is 5.69 Å². The molecule has 8 nitrogen and oxygen atoms in total. The maximum atomic E-state index is 13.0.